The fourth-order valence-corrected chi connectivity index (χ4v) is 2.77. The maximum Gasteiger partial charge on any atom is 0.251 e. The molecule has 0 aliphatic carbocycles. The van der Waals surface area contributed by atoms with Crippen molar-refractivity contribution >= 4 is 23.4 Å². The lowest BCUT2D eigenvalue weighted by Crippen LogP contribution is -2.36. The zero-order valence-corrected chi connectivity index (χ0v) is 17.7. The highest BCUT2D eigenvalue weighted by Crippen LogP contribution is 2.22. The average Bonchev–Trinajstić information content (AvgIpc) is 2.74. The van der Waals surface area contributed by atoms with Crippen molar-refractivity contribution in [3.8, 4) is 0 Å². The van der Waals surface area contributed by atoms with Crippen LogP contribution < -0.4 is 16.0 Å². The van der Waals surface area contributed by atoms with Crippen LogP contribution in [0.2, 0.25) is 0 Å². The zero-order valence-electron chi connectivity index (χ0n) is 17.7. The van der Waals surface area contributed by atoms with Gasteiger partial charge in [-0.3, -0.25) is 14.4 Å². The third-order valence-electron chi connectivity index (χ3n) is 5.01. The predicted octanol–water partition coefficient (Wildman–Crippen LogP) is 3.73. The first-order valence-electron chi connectivity index (χ1n) is 9.96. The Bertz CT molecular complexity index is 915. The van der Waals surface area contributed by atoms with Crippen LogP contribution in [0, 0.1) is 18.7 Å². The third-order valence-corrected chi connectivity index (χ3v) is 5.01. The van der Waals surface area contributed by atoms with Crippen LogP contribution in [0.15, 0.2) is 42.5 Å². The largest absolute Gasteiger partial charge is 0.347 e. The first kappa shape index (κ1) is 23.1. The average molecular weight is 413 g/mol. The normalized spacial score (nSPS) is 12.6. The second-order valence-electron chi connectivity index (χ2n) is 7.31. The number of hydrogen-bond acceptors (Lipinski definition) is 3. The van der Waals surface area contributed by atoms with Crippen LogP contribution in [-0.2, 0) is 9.59 Å². The topological polar surface area (TPSA) is 87.3 Å². The summed E-state index contributed by atoms with van der Waals surface area (Å²) >= 11 is 0. The number of rotatable bonds is 8. The van der Waals surface area contributed by atoms with Crippen LogP contribution in [-0.4, -0.2) is 24.3 Å². The molecule has 2 atom stereocenters. The smallest absolute Gasteiger partial charge is 0.251 e. The molecule has 0 saturated carbocycles. The molecule has 0 aromatic heterocycles. The maximum absolute atomic E-state index is 14.4. The van der Waals surface area contributed by atoms with E-state index in [0.29, 0.717) is 6.42 Å². The van der Waals surface area contributed by atoms with E-state index in [4.69, 9.17) is 0 Å². The lowest BCUT2D eigenvalue weighted by atomic mass is 10.1. The zero-order chi connectivity index (χ0) is 22.3. The van der Waals surface area contributed by atoms with E-state index in [2.05, 4.69) is 16.0 Å². The number of carbonyl (C=O) groups is 3. The molecule has 3 amide bonds. The van der Waals surface area contributed by atoms with E-state index in [1.165, 1.54) is 13.0 Å². The molecule has 2 aromatic rings. The summed E-state index contributed by atoms with van der Waals surface area (Å²) in [6.45, 7) is 6.76. The van der Waals surface area contributed by atoms with Crippen LogP contribution >= 0.6 is 0 Å². The Morgan fingerprint density at radius 3 is 2.37 bits per heavy atom. The molecule has 6 nitrogen and oxygen atoms in total. The minimum atomic E-state index is -0.603. The Kier molecular flexibility index (Phi) is 8.09. The first-order valence-corrected chi connectivity index (χ1v) is 9.96. The van der Waals surface area contributed by atoms with E-state index in [1.807, 2.05) is 44.2 Å². The molecule has 2 rings (SSSR count). The number of nitrogens with one attached hydrogen (secondary N) is 3. The van der Waals surface area contributed by atoms with E-state index in [9.17, 15) is 18.8 Å². The highest BCUT2D eigenvalue weighted by atomic mass is 19.1. The van der Waals surface area contributed by atoms with Crippen LogP contribution in [0.5, 0.6) is 0 Å². The van der Waals surface area contributed by atoms with Gasteiger partial charge in [-0.25, -0.2) is 4.39 Å². The van der Waals surface area contributed by atoms with Crippen molar-refractivity contribution in [3.05, 3.63) is 65.0 Å². The third kappa shape index (κ3) is 6.14. The van der Waals surface area contributed by atoms with Gasteiger partial charge in [0.25, 0.3) is 5.91 Å². The van der Waals surface area contributed by atoms with Crippen molar-refractivity contribution in [2.45, 2.75) is 40.2 Å². The minimum Gasteiger partial charge on any atom is -0.347 e. The van der Waals surface area contributed by atoms with E-state index in [1.54, 1.807) is 6.92 Å². The van der Waals surface area contributed by atoms with Crippen LogP contribution in [0.25, 0.3) is 0 Å². The van der Waals surface area contributed by atoms with E-state index in [0.717, 1.165) is 11.6 Å². The highest BCUT2D eigenvalue weighted by Gasteiger charge is 2.17. The van der Waals surface area contributed by atoms with Crippen molar-refractivity contribution in [3.63, 3.8) is 0 Å². The molecule has 0 bridgehead atoms. The van der Waals surface area contributed by atoms with Crippen molar-refractivity contribution < 1.29 is 18.8 Å². The number of anilines is 1. The summed E-state index contributed by atoms with van der Waals surface area (Å²) in [7, 11) is 0. The molecular formula is C23H28FN3O3. The summed E-state index contributed by atoms with van der Waals surface area (Å²) < 4.78 is 14.4. The predicted molar refractivity (Wildman–Crippen MR) is 115 cm³/mol. The Hall–Kier alpha value is -3.22. The van der Waals surface area contributed by atoms with Gasteiger partial charge in [0.15, 0.2) is 0 Å². The molecule has 2 aromatic carbocycles. The lowest BCUT2D eigenvalue weighted by Gasteiger charge is -2.16. The second-order valence-corrected chi connectivity index (χ2v) is 7.31. The lowest BCUT2D eigenvalue weighted by molar-refractivity contribution is -0.126. The number of halogens is 1. The monoisotopic (exact) mass is 413 g/mol. The summed E-state index contributed by atoms with van der Waals surface area (Å²) in [5.74, 6) is -1.97. The van der Waals surface area contributed by atoms with E-state index < -0.39 is 17.6 Å². The van der Waals surface area contributed by atoms with Gasteiger partial charge in [0.05, 0.1) is 12.6 Å². The number of amides is 3. The Morgan fingerprint density at radius 2 is 1.73 bits per heavy atom. The summed E-state index contributed by atoms with van der Waals surface area (Å²) in [4.78, 5) is 36.6. The van der Waals surface area contributed by atoms with Gasteiger partial charge in [0, 0.05) is 22.7 Å². The molecule has 0 saturated heterocycles. The van der Waals surface area contributed by atoms with Gasteiger partial charge in [0.2, 0.25) is 11.8 Å². The first-order chi connectivity index (χ1) is 14.2. The van der Waals surface area contributed by atoms with Gasteiger partial charge in [0.1, 0.15) is 5.82 Å². The SMILES string of the molecule is CCC(C)C(=O)NCC(=O)Nc1cc(C(=O)NC(C)c2ccccc2)cc(F)c1C. The number of carbonyl (C=O) groups excluding carboxylic acids is 3. The molecular weight excluding hydrogens is 385 g/mol. The Balaban J connectivity index is 2.08. The summed E-state index contributed by atoms with van der Waals surface area (Å²) in [6, 6.07) is 11.7. The highest BCUT2D eigenvalue weighted by molar-refractivity contribution is 5.99. The van der Waals surface area contributed by atoms with Gasteiger partial charge >= 0.3 is 0 Å². The second kappa shape index (κ2) is 10.5. The van der Waals surface area contributed by atoms with Crippen LogP contribution in [0.4, 0.5) is 10.1 Å². The molecule has 160 valence electrons. The molecule has 30 heavy (non-hydrogen) atoms. The van der Waals surface area contributed by atoms with E-state index in [-0.39, 0.29) is 41.2 Å². The molecule has 0 aliphatic rings. The van der Waals surface area contributed by atoms with Gasteiger partial charge in [-0.1, -0.05) is 44.2 Å². The fourth-order valence-electron chi connectivity index (χ4n) is 2.77. The molecule has 0 spiro atoms. The van der Waals surface area contributed by atoms with Gasteiger partial charge in [-0.15, -0.1) is 0 Å². The number of benzene rings is 2. The number of hydrogen-bond donors (Lipinski definition) is 3. The fraction of sp³-hybridized carbons (Fsp3) is 0.348. The van der Waals surface area contributed by atoms with Crippen molar-refractivity contribution in [2.24, 2.45) is 5.92 Å². The van der Waals surface area contributed by atoms with Gasteiger partial charge in [-0.2, -0.15) is 0 Å². The minimum absolute atomic E-state index is 0.0971. The quantitative estimate of drug-likeness (QED) is 0.616. The summed E-state index contributed by atoms with van der Waals surface area (Å²) in [5, 5.41) is 7.94. The van der Waals surface area contributed by atoms with Crippen LogP contribution in [0.1, 0.15) is 54.7 Å². The van der Waals surface area contributed by atoms with Gasteiger partial charge in [-0.05, 0) is 38.0 Å². The Morgan fingerprint density at radius 1 is 1.07 bits per heavy atom. The van der Waals surface area contributed by atoms with Crippen molar-refractivity contribution in [2.75, 3.05) is 11.9 Å². The van der Waals surface area contributed by atoms with Gasteiger partial charge < -0.3 is 16.0 Å². The molecule has 0 heterocycles. The molecule has 0 aliphatic heterocycles. The van der Waals surface area contributed by atoms with Crippen molar-refractivity contribution in [1.82, 2.24) is 10.6 Å². The Labute approximate surface area is 176 Å². The summed E-state index contributed by atoms with van der Waals surface area (Å²) in [5.41, 5.74) is 1.42. The molecule has 0 fully saturated rings. The molecule has 2 unspecified atom stereocenters. The van der Waals surface area contributed by atoms with Crippen LogP contribution in [0.3, 0.4) is 0 Å². The molecule has 0 radical (unpaired) electrons. The molecule has 7 heteroatoms. The molecule has 3 N–H and O–H groups in total. The van der Waals surface area contributed by atoms with Crippen molar-refractivity contribution in [1.29, 1.82) is 0 Å². The maximum atomic E-state index is 14.4. The standard InChI is InChI=1S/C23H28FN3O3/c1-5-14(2)22(29)25-13-21(28)27-20-12-18(11-19(24)15(20)3)23(30)26-16(4)17-9-7-6-8-10-17/h6-12,14,16H,5,13H2,1-4H3,(H,25,29)(H,26,30)(H,27,28). The van der Waals surface area contributed by atoms with E-state index >= 15 is 0 Å². The summed E-state index contributed by atoms with van der Waals surface area (Å²) in [6.07, 6.45) is 0.663.